The van der Waals surface area contributed by atoms with Crippen molar-refractivity contribution in [2.75, 3.05) is 12.4 Å². The van der Waals surface area contributed by atoms with E-state index in [2.05, 4.69) is 26.2 Å². The second-order valence-corrected chi connectivity index (χ2v) is 4.71. The molecule has 1 N–H and O–H groups in total. The van der Waals surface area contributed by atoms with E-state index in [0.29, 0.717) is 18.7 Å². The second kappa shape index (κ2) is 4.83. The van der Waals surface area contributed by atoms with Crippen molar-refractivity contribution in [1.29, 1.82) is 0 Å². The number of anilines is 1. The molecular formula is C11H12BrN3O2. The summed E-state index contributed by atoms with van der Waals surface area (Å²) in [6.07, 6.45) is 2.53. The van der Waals surface area contributed by atoms with Crippen molar-refractivity contribution in [3.63, 3.8) is 0 Å². The molecule has 0 aliphatic carbocycles. The van der Waals surface area contributed by atoms with Gasteiger partial charge in [0.25, 0.3) is 5.91 Å². The lowest BCUT2D eigenvalue weighted by molar-refractivity contribution is -0.146. The molecule has 0 spiro atoms. The molecule has 6 heteroatoms. The van der Waals surface area contributed by atoms with Gasteiger partial charge in [-0.15, -0.1) is 0 Å². The average molecular weight is 298 g/mol. The maximum atomic E-state index is 11.9. The first kappa shape index (κ1) is 12.0. The molecule has 1 saturated heterocycles. The van der Waals surface area contributed by atoms with E-state index in [1.165, 1.54) is 7.05 Å². The Hall–Kier alpha value is -1.43. The third-order valence-electron chi connectivity index (χ3n) is 2.72. The number of rotatable bonds is 2. The number of hydrogen-bond donors (Lipinski definition) is 1. The molecule has 2 heterocycles. The van der Waals surface area contributed by atoms with Crippen LogP contribution in [0.2, 0.25) is 0 Å². The van der Waals surface area contributed by atoms with Crippen molar-refractivity contribution in [2.24, 2.45) is 0 Å². The minimum Gasteiger partial charge on any atom is -0.357 e. The number of likely N-dealkylation sites (tertiary alicyclic amines) is 1. The predicted molar refractivity (Wildman–Crippen MR) is 66.4 cm³/mol. The minimum atomic E-state index is -0.385. The molecule has 0 radical (unpaired) electrons. The second-order valence-electron chi connectivity index (χ2n) is 3.86. The number of likely N-dealkylation sites (N-methyl/N-ethyl adjacent to an activating group) is 1. The molecule has 1 aromatic heterocycles. The minimum absolute atomic E-state index is 0.131. The van der Waals surface area contributed by atoms with Gasteiger partial charge in [-0.25, -0.2) is 4.98 Å². The topological polar surface area (TPSA) is 62.3 Å². The van der Waals surface area contributed by atoms with Crippen LogP contribution in [0.4, 0.5) is 5.82 Å². The van der Waals surface area contributed by atoms with Gasteiger partial charge < -0.3 is 5.32 Å². The number of carbonyl (C=O) groups is 2. The Labute approximate surface area is 107 Å². The zero-order valence-electron chi connectivity index (χ0n) is 9.31. The highest BCUT2D eigenvalue weighted by Gasteiger charge is 2.31. The van der Waals surface area contributed by atoms with Crippen LogP contribution in [0.5, 0.6) is 0 Å². The molecule has 2 amide bonds. The third kappa shape index (κ3) is 2.46. The number of carbonyl (C=O) groups excluding carboxylic acids is 2. The molecule has 0 aromatic carbocycles. The maximum absolute atomic E-state index is 11.9. The predicted octanol–water partition coefficient (Wildman–Crippen LogP) is 1.40. The molecule has 0 saturated carbocycles. The van der Waals surface area contributed by atoms with Gasteiger partial charge in [-0.05, 0) is 34.5 Å². The Bertz CT molecular complexity index is 464. The molecule has 1 aliphatic rings. The lowest BCUT2D eigenvalue weighted by Gasteiger charge is -2.28. The van der Waals surface area contributed by atoms with E-state index >= 15 is 0 Å². The van der Waals surface area contributed by atoms with E-state index in [1.807, 2.05) is 6.07 Å². The monoisotopic (exact) mass is 297 g/mol. The summed E-state index contributed by atoms with van der Waals surface area (Å²) in [7, 11) is 1.51. The molecule has 0 bridgehead atoms. The average Bonchev–Trinajstić information content (AvgIpc) is 2.32. The van der Waals surface area contributed by atoms with Gasteiger partial charge in [0.1, 0.15) is 11.9 Å². The molecule has 1 atom stereocenters. The number of piperidine rings is 1. The van der Waals surface area contributed by atoms with E-state index in [1.54, 1.807) is 12.3 Å². The smallest absolute Gasteiger partial charge is 0.251 e. The van der Waals surface area contributed by atoms with Crippen LogP contribution >= 0.6 is 15.9 Å². The van der Waals surface area contributed by atoms with Crippen LogP contribution in [0.15, 0.2) is 22.8 Å². The number of hydrogen-bond acceptors (Lipinski definition) is 4. The highest BCUT2D eigenvalue weighted by atomic mass is 79.9. The number of imide groups is 1. The van der Waals surface area contributed by atoms with Gasteiger partial charge in [-0.3, -0.25) is 14.5 Å². The summed E-state index contributed by atoms with van der Waals surface area (Å²) < 4.78 is 0.798. The summed E-state index contributed by atoms with van der Waals surface area (Å²) in [5.41, 5.74) is 0. The van der Waals surface area contributed by atoms with Crippen molar-refractivity contribution in [1.82, 2.24) is 9.88 Å². The Morgan fingerprint density at radius 1 is 1.53 bits per heavy atom. The van der Waals surface area contributed by atoms with E-state index in [-0.39, 0.29) is 17.9 Å². The fourth-order valence-electron chi connectivity index (χ4n) is 1.71. The van der Waals surface area contributed by atoms with E-state index in [4.69, 9.17) is 0 Å². The molecule has 2 rings (SSSR count). The summed E-state index contributed by atoms with van der Waals surface area (Å²) in [6.45, 7) is 0. The van der Waals surface area contributed by atoms with Crippen molar-refractivity contribution in [2.45, 2.75) is 18.9 Å². The van der Waals surface area contributed by atoms with Gasteiger partial charge in [0, 0.05) is 19.7 Å². The lowest BCUT2D eigenvalue weighted by atomic mass is 10.0. The first-order valence-electron chi connectivity index (χ1n) is 5.27. The molecule has 1 aromatic rings. The van der Waals surface area contributed by atoms with Gasteiger partial charge in [0.15, 0.2) is 0 Å². The number of pyridine rings is 1. The summed E-state index contributed by atoms with van der Waals surface area (Å²) in [5, 5.41) is 3.05. The van der Waals surface area contributed by atoms with Gasteiger partial charge in [-0.1, -0.05) is 0 Å². The third-order valence-corrected chi connectivity index (χ3v) is 3.36. The number of halogens is 1. The van der Waals surface area contributed by atoms with Crippen molar-refractivity contribution < 1.29 is 9.59 Å². The van der Waals surface area contributed by atoms with Gasteiger partial charge in [0.2, 0.25) is 5.91 Å². The molecule has 17 heavy (non-hydrogen) atoms. The largest absolute Gasteiger partial charge is 0.357 e. The quantitative estimate of drug-likeness (QED) is 0.838. The molecule has 1 fully saturated rings. The van der Waals surface area contributed by atoms with Gasteiger partial charge in [0.05, 0.1) is 4.47 Å². The highest BCUT2D eigenvalue weighted by Crippen LogP contribution is 2.22. The van der Waals surface area contributed by atoms with Crippen LogP contribution in [0.25, 0.3) is 0 Å². The fourth-order valence-corrected chi connectivity index (χ4v) is 2.08. The lowest BCUT2D eigenvalue weighted by Crippen LogP contribution is -2.48. The molecule has 1 unspecified atom stereocenters. The van der Waals surface area contributed by atoms with Crippen molar-refractivity contribution in [3.8, 4) is 0 Å². The van der Waals surface area contributed by atoms with Crippen molar-refractivity contribution in [3.05, 3.63) is 22.8 Å². The molecule has 1 aliphatic heterocycles. The molecular weight excluding hydrogens is 286 g/mol. The standard InChI is InChI=1S/C11H12BrN3O2/c1-15-9(16)5-4-8(11(15)17)14-10-7(12)3-2-6-13-10/h2-3,6,8H,4-5H2,1H3,(H,13,14). The van der Waals surface area contributed by atoms with Crippen LogP contribution in [-0.4, -0.2) is 34.8 Å². The zero-order chi connectivity index (χ0) is 12.4. The van der Waals surface area contributed by atoms with Gasteiger partial charge >= 0.3 is 0 Å². The van der Waals surface area contributed by atoms with Crippen LogP contribution < -0.4 is 5.32 Å². The first-order valence-corrected chi connectivity index (χ1v) is 6.06. The van der Waals surface area contributed by atoms with Crippen LogP contribution in [0.3, 0.4) is 0 Å². The summed E-state index contributed by atoms with van der Waals surface area (Å²) >= 11 is 3.35. The van der Waals surface area contributed by atoms with Crippen LogP contribution in [0, 0.1) is 0 Å². The summed E-state index contributed by atoms with van der Waals surface area (Å²) in [5.74, 6) is 0.278. The first-order chi connectivity index (χ1) is 8.09. The Morgan fingerprint density at radius 3 is 3.00 bits per heavy atom. The SMILES string of the molecule is CN1C(=O)CCC(Nc2ncccc2Br)C1=O. The number of nitrogens with zero attached hydrogens (tertiary/aromatic N) is 2. The number of amides is 2. The normalized spacial score (nSPS) is 20.6. The molecule has 90 valence electrons. The Morgan fingerprint density at radius 2 is 2.29 bits per heavy atom. The van der Waals surface area contributed by atoms with E-state index in [0.717, 1.165) is 9.37 Å². The highest BCUT2D eigenvalue weighted by molar-refractivity contribution is 9.10. The number of aromatic nitrogens is 1. The maximum Gasteiger partial charge on any atom is 0.251 e. The van der Waals surface area contributed by atoms with Crippen LogP contribution in [-0.2, 0) is 9.59 Å². The van der Waals surface area contributed by atoms with E-state index < -0.39 is 0 Å². The van der Waals surface area contributed by atoms with Gasteiger partial charge in [-0.2, -0.15) is 0 Å². The number of nitrogens with one attached hydrogen (secondary N) is 1. The van der Waals surface area contributed by atoms with E-state index in [9.17, 15) is 9.59 Å². The van der Waals surface area contributed by atoms with Crippen LogP contribution in [0.1, 0.15) is 12.8 Å². The Balaban J connectivity index is 2.12. The zero-order valence-corrected chi connectivity index (χ0v) is 10.9. The fraction of sp³-hybridized carbons (Fsp3) is 0.364. The Kier molecular flexibility index (Phi) is 3.42. The molecule has 5 nitrogen and oxygen atoms in total. The summed E-state index contributed by atoms with van der Waals surface area (Å²) in [6, 6.07) is 3.26. The van der Waals surface area contributed by atoms with Crippen molar-refractivity contribution >= 4 is 33.6 Å². The summed E-state index contributed by atoms with van der Waals surface area (Å²) in [4.78, 5) is 28.5.